The van der Waals surface area contributed by atoms with Crippen LogP contribution in [0.3, 0.4) is 0 Å². The first kappa shape index (κ1) is 8.17. The molecule has 0 aromatic rings. The summed E-state index contributed by atoms with van der Waals surface area (Å²) in [7, 11) is 0. The molecule has 0 heterocycles. The van der Waals surface area contributed by atoms with Gasteiger partial charge in [-0.05, 0) is 25.7 Å². The number of hydrogen-bond acceptors (Lipinski definition) is 3. The highest BCUT2D eigenvalue weighted by atomic mass is 16.3. The molecule has 0 aliphatic heterocycles. The number of nitrogens with one attached hydrogen (secondary N) is 1. The van der Waals surface area contributed by atoms with Crippen molar-refractivity contribution in [3.05, 3.63) is 4.91 Å². The van der Waals surface area contributed by atoms with Gasteiger partial charge in [-0.2, -0.15) is 4.91 Å². The molecule has 1 aliphatic rings. The summed E-state index contributed by atoms with van der Waals surface area (Å²) < 4.78 is 0. The van der Waals surface area contributed by atoms with Gasteiger partial charge in [-0.25, -0.2) is 0 Å². The van der Waals surface area contributed by atoms with Crippen LogP contribution in [-0.2, 0) is 4.79 Å². The Hall–Kier alpha value is -0.930. The molecule has 11 heavy (non-hydrogen) atoms. The lowest BCUT2D eigenvalue weighted by Crippen LogP contribution is -2.32. The van der Waals surface area contributed by atoms with Crippen LogP contribution in [0.2, 0.25) is 0 Å². The average Bonchev–Trinajstić information content (AvgIpc) is 2.07. The van der Waals surface area contributed by atoms with Gasteiger partial charge in [-0.1, -0.05) is 5.18 Å². The van der Waals surface area contributed by atoms with E-state index in [-0.39, 0.29) is 12.1 Å². The molecule has 1 fully saturated rings. The Balaban J connectivity index is 2.23. The fourth-order valence-electron chi connectivity index (χ4n) is 1.44. The van der Waals surface area contributed by atoms with Crippen molar-refractivity contribution < 1.29 is 4.79 Å². The minimum atomic E-state index is -0.0142. The number of amides is 1. The van der Waals surface area contributed by atoms with Crippen LogP contribution in [0.4, 0.5) is 0 Å². The zero-order valence-corrected chi connectivity index (χ0v) is 6.32. The molecule has 62 valence electrons. The van der Waals surface area contributed by atoms with Crippen molar-refractivity contribution in [2.24, 2.45) is 5.18 Å². The van der Waals surface area contributed by atoms with E-state index in [1.807, 2.05) is 0 Å². The van der Waals surface area contributed by atoms with E-state index in [0.717, 1.165) is 32.1 Å². The largest absolute Gasteiger partial charge is 0.356 e. The summed E-state index contributed by atoms with van der Waals surface area (Å²) in [5.74, 6) is 0. The van der Waals surface area contributed by atoms with Crippen LogP contribution in [0.5, 0.6) is 0 Å². The van der Waals surface area contributed by atoms with E-state index < -0.39 is 0 Å². The molecule has 1 amide bonds. The lowest BCUT2D eigenvalue weighted by Gasteiger charge is -2.23. The normalized spacial score (nSPS) is 30.9. The van der Waals surface area contributed by atoms with Crippen molar-refractivity contribution in [3.8, 4) is 0 Å². The van der Waals surface area contributed by atoms with Crippen LogP contribution in [0, 0.1) is 4.91 Å². The Bertz CT molecular complexity index is 141. The number of carbonyl (C=O) groups is 1. The maximum Gasteiger partial charge on any atom is 0.207 e. The van der Waals surface area contributed by atoms with Crippen molar-refractivity contribution in [1.82, 2.24) is 5.32 Å². The van der Waals surface area contributed by atoms with Crippen molar-refractivity contribution in [1.29, 1.82) is 0 Å². The summed E-state index contributed by atoms with van der Waals surface area (Å²) in [4.78, 5) is 20.1. The van der Waals surface area contributed by atoms with E-state index in [0.29, 0.717) is 0 Å². The van der Waals surface area contributed by atoms with Gasteiger partial charge in [0.25, 0.3) is 0 Å². The predicted molar refractivity (Wildman–Crippen MR) is 41.0 cm³/mol. The van der Waals surface area contributed by atoms with Crippen LogP contribution in [0.1, 0.15) is 25.7 Å². The molecule has 0 aromatic heterocycles. The van der Waals surface area contributed by atoms with Gasteiger partial charge < -0.3 is 5.32 Å². The van der Waals surface area contributed by atoms with E-state index in [4.69, 9.17) is 0 Å². The Morgan fingerprint density at radius 3 is 2.36 bits per heavy atom. The first-order valence-corrected chi connectivity index (χ1v) is 3.89. The second kappa shape index (κ2) is 4.05. The molecule has 4 nitrogen and oxygen atoms in total. The third-order valence-electron chi connectivity index (χ3n) is 2.15. The topological polar surface area (TPSA) is 58.5 Å². The minimum absolute atomic E-state index is 0.0142. The van der Waals surface area contributed by atoms with Crippen molar-refractivity contribution >= 4 is 6.41 Å². The van der Waals surface area contributed by atoms with Crippen LogP contribution in [0.15, 0.2) is 5.18 Å². The molecule has 0 bridgehead atoms. The molecule has 0 atom stereocenters. The maximum absolute atomic E-state index is 10.1. The second-order valence-electron chi connectivity index (χ2n) is 2.90. The number of hydrogen-bond donors (Lipinski definition) is 1. The fourth-order valence-corrected chi connectivity index (χ4v) is 1.44. The van der Waals surface area contributed by atoms with Gasteiger partial charge in [0, 0.05) is 6.04 Å². The molecule has 0 spiro atoms. The summed E-state index contributed by atoms with van der Waals surface area (Å²) in [5, 5.41) is 5.68. The number of nitroso groups, excluding NO2 is 1. The zero-order chi connectivity index (χ0) is 8.10. The molecule has 1 aliphatic carbocycles. The summed E-state index contributed by atoms with van der Waals surface area (Å²) in [6.45, 7) is 0. The first-order valence-electron chi connectivity index (χ1n) is 3.89. The molecule has 0 radical (unpaired) electrons. The Morgan fingerprint density at radius 2 is 1.91 bits per heavy atom. The molecule has 0 unspecified atom stereocenters. The molecule has 1 N–H and O–H groups in total. The quantitative estimate of drug-likeness (QED) is 0.485. The lowest BCUT2D eigenvalue weighted by molar-refractivity contribution is -0.110. The number of carbonyl (C=O) groups excluding carboxylic acids is 1. The van der Waals surface area contributed by atoms with Crippen molar-refractivity contribution in [3.63, 3.8) is 0 Å². The van der Waals surface area contributed by atoms with E-state index >= 15 is 0 Å². The van der Waals surface area contributed by atoms with Gasteiger partial charge in [0.1, 0.15) is 0 Å². The summed E-state index contributed by atoms with van der Waals surface area (Å²) in [6.07, 6.45) is 4.12. The summed E-state index contributed by atoms with van der Waals surface area (Å²) in [5.41, 5.74) is 0. The third-order valence-corrected chi connectivity index (χ3v) is 2.15. The monoisotopic (exact) mass is 156 g/mol. The molecule has 4 heteroatoms. The van der Waals surface area contributed by atoms with Gasteiger partial charge >= 0.3 is 0 Å². The van der Waals surface area contributed by atoms with Crippen molar-refractivity contribution in [2.75, 3.05) is 0 Å². The van der Waals surface area contributed by atoms with Crippen LogP contribution >= 0.6 is 0 Å². The minimum Gasteiger partial charge on any atom is -0.356 e. The third kappa shape index (κ3) is 2.29. The molecule has 1 saturated carbocycles. The lowest BCUT2D eigenvalue weighted by atomic mass is 9.92. The zero-order valence-electron chi connectivity index (χ0n) is 6.32. The highest BCUT2D eigenvalue weighted by Crippen LogP contribution is 2.20. The number of nitrogens with zero attached hydrogens (tertiary/aromatic N) is 1. The highest BCUT2D eigenvalue weighted by molar-refractivity contribution is 5.46. The smallest absolute Gasteiger partial charge is 0.207 e. The van der Waals surface area contributed by atoms with Crippen molar-refractivity contribution in [2.45, 2.75) is 37.8 Å². The standard InChI is InChI=1S/C7H12N2O2/c10-5-8-6-1-3-7(9-11)4-2-6/h5-7H,1-4H2,(H,8,10). The van der Waals surface area contributed by atoms with Gasteiger partial charge in [0.05, 0.1) is 6.04 Å². The first-order chi connectivity index (χ1) is 5.36. The molecule has 0 saturated heterocycles. The van der Waals surface area contributed by atoms with Gasteiger partial charge in [-0.15, -0.1) is 0 Å². The Morgan fingerprint density at radius 1 is 1.27 bits per heavy atom. The number of rotatable bonds is 3. The van der Waals surface area contributed by atoms with Crippen LogP contribution in [-0.4, -0.2) is 18.5 Å². The predicted octanol–water partition coefficient (Wildman–Crippen LogP) is 0.810. The molecule has 0 aromatic carbocycles. The highest BCUT2D eigenvalue weighted by Gasteiger charge is 2.20. The maximum atomic E-state index is 10.1. The Labute approximate surface area is 65.3 Å². The van der Waals surface area contributed by atoms with Gasteiger partial charge in [0.2, 0.25) is 6.41 Å². The van der Waals surface area contributed by atoms with Crippen LogP contribution < -0.4 is 5.32 Å². The van der Waals surface area contributed by atoms with E-state index in [1.54, 1.807) is 0 Å². The molecule has 1 rings (SSSR count). The van der Waals surface area contributed by atoms with E-state index in [9.17, 15) is 9.70 Å². The van der Waals surface area contributed by atoms with Gasteiger partial charge in [0.15, 0.2) is 0 Å². The van der Waals surface area contributed by atoms with Gasteiger partial charge in [-0.3, -0.25) is 4.79 Å². The Kier molecular flexibility index (Phi) is 3.01. The summed E-state index contributed by atoms with van der Waals surface area (Å²) in [6, 6.07) is 0.255. The fraction of sp³-hybridized carbons (Fsp3) is 0.857. The average molecular weight is 156 g/mol. The second-order valence-corrected chi connectivity index (χ2v) is 2.90. The van der Waals surface area contributed by atoms with E-state index in [1.165, 1.54) is 0 Å². The molecular formula is C7H12N2O2. The molecular weight excluding hydrogens is 144 g/mol. The summed E-state index contributed by atoms with van der Waals surface area (Å²) >= 11 is 0. The van der Waals surface area contributed by atoms with E-state index in [2.05, 4.69) is 10.5 Å². The SMILES string of the molecule is O=CNC1CCC(N=O)CC1. The van der Waals surface area contributed by atoms with Crippen LogP contribution in [0.25, 0.3) is 0 Å².